The van der Waals surface area contributed by atoms with Crippen LogP contribution in [0.5, 0.6) is 0 Å². The van der Waals surface area contributed by atoms with Gasteiger partial charge in [0.2, 0.25) is 0 Å². The summed E-state index contributed by atoms with van der Waals surface area (Å²) in [7, 11) is -1.68. The van der Waals surface area contributed by atoms with Gasteiger partial charge in [0.25, 0.3) is 0 Å². The molecule has 0 unspecified atom stereocenters. The van der Waals surface area contributed by atoms with Crippen molar-refractivity contribution in [2.75, 3.05) is 19.5 Å². The standard InChI is InChI=1S/C13H23NO4S/c1-13(2,3)14-9-11-5-6-12(18-11)10-19(15,16)8-7-17-4/h5-6,14H,7-10H2,1-4H3. The van der Waals surface area contributed by atoms with Gasteiger partial charge >= 0.3 is 0 Å². The van der Waals surface area contributed by atoms with Crippen molar-refractivity contribution in [3.63, 3.8) is 0 Å². The van der Waals surface area contributed by atoms with Crippen molar-refractivity contribution in [3.05, 3.63) is 23.7 Å². The molecule has 1 heterocycles. The van der Waals surface area contributed by atoms with Crippen molar-refractivity contribution >= 4 is 9.84 Å². The lowest BCUT2D eigenvalue weighted by Gasteiger charge is -2.19. The minimum Gasteiger partial charge on any atom is -0.464 e. The van der Waals surface area contributed by atoms with E-state index in [0.29, 0.717) is 12.3 Å². The molecule has 1 aromatic rings. The second-order valence-electron chi connectivity index (χ2n) is 5.56. The summed E-state index contributed by atoms with van der Waals surface area (Å²) in [5.74, 6) is 1.15. The van der Waals surface area contributed by atoms with Crippen LogP contribution in [0.2, 0.25) is 0 Å². The number of sulfone groups is 1. The van der Waals surface area contributed by atoms with Crippen LogP contribution in [-0.2, 0) is 26.9 Å². The van der Waals surface area contributed by atoms with Crippen LogP contribution in [0.3, 0.4) is 0 Å². The lowest BCUT2D eigenvalue weighted by Crippen LogP contribution is -2.34. The van der Waals surface area contributed by atoms with Gasteiger partial charge in [-0.3, -0.25) is 0 Å². The maximum absolute atomic E-state index is 11.7. The molecule has 110 valence electrons. The molecule has 1 rings (SSSR count). The fraction of sp³-hybridized carbons (Fsp3) is 0.692. The Labute approximate surface area is 115 Å². The first-order chi connectivity index (χ1) is 8.72. The highest BCUT2D eigenvalue weighted by Crippen LogP contribution is 2.13. The SMILES string of the molecule is COCCS(=O)(=O)Cc1ccc(CNC(C)(C)C)o1. The molecule has 0 radical (unpaired) electrons. The van der Waals surface area contributed by atoms with Crippen molar-refractivity contribution in [3.8, 4) is 0 Å². The number of nitrogens with one attached hydrogen (secondary N) is 1. The third kappa shape index (κ3) is 6.75. The molecule has 0 saturated carbocycles. The Morgan fingerprint density at radius 2 is 1.89 bits per heavy atom. The first-order valence-corrected chi connectivity index (χ1v) is 8.06. The summed E-state index contributed by atoms with van der Waals surface area (Å²) >= 11 is 0. The Hall–Kier alpha value is -0.850. The molecule has 0 spiro atoms. The molecule has 0 aliphatic carbocycles. The number of rotatable bonds is 7. The van der Waals surface area contributed by atoms with Gasteiger partial charge < -0.3 is 14.5 Å². The van der Waals surface area contributed by atoms with E-state index < -0.39 is 9.84 Å². The average Bonchev–Trinajstić information content (AvgIpc) is 2.70. The predicted octanol–water partition coefficient (Wildman–Crippen LogP) is 1.73. The largest absolute Gasteiger partial charge is 0.464 e. The van der Waals surface area contributed by atoms with E-state index in [4.69, 9.17) is 9.15 Å². The van der Waals surface area contributed by atoms with E-state index in [1.807, 2.05) is 0 Å². The summed E-state index contributed by atoms with van der Waals surface area (Å²) < 4.78 is 33.7. The molecule has 0 aliphatic rings. The van der Waals surface area contributed by atoms with E-state index in [-0.39, 0.29) is 23.7 Å². The van der Waals surface area contributed by atoms with Crippen LogP contribution in [0, 0.1) is 0 Å². The topological polar surface area (TPSA) is 68.5 Å². The average molecular weight is 289 g/mol. The van der Waals surface area contributed by atoms with E-state index >= 15 is 0 Å². The highest BCUT2D eigenvalue weighted by molar-refractivity contribution is 7.90. The van der Waals surface area contributed by atoms with E-state index in [9.17, 15) is 8.42 Å². The third-order valence-corrected chi connectivity index (χ3v) is 3.98. The van der Waals surface area contributed by atoms with E-state index in [2.05, 4.69) is 26.1 Å². The molecular weight excluding hydrogens is 266 g/mol. The molecule has 0 bridgehead atoms. The maximum atomic E-state index is 11.7. The van der Waals surface area contributed by atoms with Crippen molar-refractivity contribution in [1.82, 2.24) is 5.32 Å². The van der Waals surface area contributed by atoms with Crippen LogP contribution in [0.4, 0.5) is 0 Å². The second-order valence-corrected chi connectivity index (χ2v) is 7.74. The Bertz CT molecular complexity index is 485. The zero-order chi connectivity index (χ0) is 14.5. The summed E-state index contributed by atoms with van der Waals surface area (Å²) in [5.41, 5.74) is -0.00249. The minimum atomic E-state index is -3.17. The number of furan rings is 1. The summed E-state index contributed by atoms with van der Waals surface area (Å²) in [5, 5.41) is 3.29. The molecule has 0 aliphatic heterocycles. The first kappa shape index (κ1) is 16.2. The van der Waals surface area contributed by atoms with Gasteiger partial charge in [-0.2, -0.15) is 0 Å². The summed E-state index contributed by atoms with van der Waals surface area (Å²) in [6, 6.07) is 3.52. The smallest absolute Gasteiger partial charge is 0.159 e. The van der Waals surface area contributed by atoms with Gasteiger partial charge in [-0.25, -0.2) is 8.42 Å². The molecule has 0 amide bonds. The van der Waals surface area contributed by atoms with Crippen molar-refractivity contribution in [1.29, 1.82) is 0 Å². The zero-order valence-corrected chi connectivity index (χ0v) is 12.8. The summed E-state index contributed by atoms with van der Waals surface area (Å²) in [6.07, 6.45) is 0. The van der Waals surface area contributed by atoms with Crippen molar-refractivity contribution in [2.24, 2.45) is 0 Å². The van der Waals surface area contributed by atoms with Gasteiger partial charge in [-0.05, 0) is 32.9 Å². The summed E-state index contributed by atoms with van der Waals surface area (Å²) in [6.45, 7) is 6.98. The van der Waals surface area contributed by atoms with Crippen LogP contribution in [-0.4, -0.2) is 33.4 Å². The Morgan fingerprint density at radius 1 is 1.26 bits per heavy atom. The molecule has 0 fully saturated rings. The number of ether oxygens (including phenoxy) is 1. The fourth-order valence-electron chi connectivity index (χ4n) is 1.45. The van der Waals surface area contributed by atoms with Crippen molar-refractivity contribution < 1.29 is 17.6 Å². The molecule has 19 heavy (non-hydrogen) atoms. The van der Waals surface area contributed by atoms with Gasteiger partial charge in [0.05, 0.1) is 18.9 Å². The first-order valence-electron chi connectivity index (χ1n) is 6.24. The highest BCUT2D eigenvalue weighted by Gasteiger charge is 2.15. The third-order valence-electron chi connectivity index (χ3n) is 2.47. The van der Waals surface area contributed by atoms with Gasteiger partial charge in [0.1, 0.15) is 17.3 Å². The van der Waals surface area contributed by atoms with Crippen LogP contribution >= 0.6 is 0 Å². The normalized spacial score (nSPS) is 12.8. The van der Waals surface area contributed by atoms with Gasteiger partial charge in [-0.15, -0.1) is 0 Å². The minimum absolute atomic E-state index is 0.00249. The Balaban J connectivity index is 2.55. The lowest BCUT2D eigenvalue weighted by atomic mass is 10.1. The van der Waals surface area contributed by atoms with Gasteiger partial charge in [-0.1, -0.05) is 0 Å². The zero-order valence-electron chi connectivity index (χ0n) is 12.0. The van der Waals surface area contributed by atoms with Crippen LogP contribution in [0.1, 0.15) is 32.3 Å². The van der Waals surface area contributed by atoms with Gasteiger partial charge in [0, 0.05) is 12.6 Å². The van der Waals surface area contributed by atoms with E-state index in [1.54, 1.807) is 12.1 Å². The number of methoxy groups -OCH3 is 1. The molecule has 0 atom stereocenters. The summed E-state index contributed by atoms with van der Waals surface area (Å²) in [4.78, 5) is 0. The molecule has 6 heteroatoms. The number of hydrogen-bond acceptors (Lipinski definition) is 5. The number of hydrogen-bond donors (Lipinski definition) is 1. The van der Waals surface area contributed by atoms with Crippen LogP contribution in [0.15, 0.2) is 16.5 Å². The molecule has 1 N–H and O–H groups in total. The Kier molecular flexibility index (Phi) is 5.58. The fourth-order valence-corrected chi connectivity index (χ4v) is 2.60. The quantitative estimate of drug-likeness (QED) is 0.828. The van der Waals surface area contributed by atoms with Crippen LogP contribution in [0.25, 0.3) is 0 Å². The van der Waals surface area contributed by atoms with E-state index in [1.165, 1.54) is 7.11 Å². The van der Waals surface area contributed by atoms with Crippen molar-refractivity contribution in [2.45, 2.75) is 38.6 Å². The molecular formula is C13H23NO4S. The molecule has 0 saturated heterocycles. The molecule has 5 nitrogen and oxygen atoms in total. The van der Waals surface area contributed by atoms with E-state index in [0.717, 1.165) is 5.76 Å². The lowest BCUT2D eigenvalue weighted by molar-refractivity contribution is 0.217. The monoisotopic (exact) mass is 289 g/mol. The maximum Gasteiger partial charge on any atom is 0.159 e. The predicted molar refractivity (Wildman–Crippen MR) is 74.7 cm³/mol. The molecule has 1 aromatic heterocycles. The van der Waals surface area contributed by atoms with Crippen LogP contribution < -0.4 is 5.32 Å². The van der Waals surface area contributed by atoms with Gasteiger partial charge in [0.15, 0.2) is 9.84 Å². The molecule has 0 aromatic carbocycles. The second kappa shape index (κ2) is 6.54. The Morgan fingerprint density at radius 3 is 2.47 bits per heavy atom. The highest BCUT2D eigenvalue weighted by atomic mass is 32.2.